The standard InChI is InChI=1S/C21H19ClO2/c22-20-14-8-7-13-19(20)21(24-16-15-23,17-9-3-1-4-10-17)18-11-5-2-6-12-18/h1-14,23H,15-16H2. The average Bonchev–Trinajstić information content (AvgIpc) is 2.65. The van der Waals surface area contributed by atoms with E-state index in [4.69, 9.17) is 16.3 Å². The Balaban J connectivity index is 2.31. The minimum absolute atomic E-state index is 0.0636. The van der Waals surface area contributed by atoms with E-state index in [9.17, 15) is 5.11 Å². The maximum atomic E-state index is 9.38. The Morgan fingerprint density at radius 2 is 1.25 bits per heavy atom. The van der Waals surface area contributed by atoms with Crippen molar-refractivity contribution in [2.45, 2.75) is 5.60 Å². The van der Waals surface area contributed by atoms with Crippen LogP contribution in [0, 0.1) is 0 Å². The number of benzene rings is 3. The van der Waals surface area contributed by atoms with Gasteiger partial charge in [0.05, 0.1) is 13.2 Å². The van der Waals surface area contributed by atoms with Gasteiger partial charge in [-0.05, 0) is 17.2 Å². The summed E-state index contributed by atoms with van der Waals surface area (Å²) in [6.07, 6.45) is 0. The number of hydrogen-bond donors (Lipinski definition) is 1. The predicted molar refractivity (Wildman–Crippen MR) is 97.3 cm³/mol. The topological polar surface area (TPSA) is 29.5 Å². The summed E-state index contributed by atoms with van der Waals surface area (Å²) in [6.45, 7) is 0.140. The lowest BCUT2D eigenvalue weighted by atomic mass is 9.80. The van der Waals surface area contributed by atoms with Gasteiger partial charge < -0.3 is 9.84 Å². The molecule has 0 heterocycles. The third-order valence-corrected chi connectivity index (χ3v) is 4.35. The molecule has 0 amide bonds. The minimum Gasteiger partial charge on any atom is -0.394 e. The quantitative estimate of drug-likeness (QED) is 0.663. The number of rotatable bonds is 6. The third-order valence-electron chi connectivity index (χ3n) is 4.02. The first-order valence-electron chi connectivity index (χ1n) is 7.90. The zero-order valence-corrected chi connectivity index (χ0v) is 14.0. The summed E-state index contributed by atoms with van der Waals surface area (Å²) < 4.78 is 6.28. The van der Waals surface area contributed by atoms with Crippen LogP contribution in [0.2, 0.25) is 5.02 Å². The van der Waals surface area contributed by atoms with Crippen LogP contribution in [-0.2, 0) is 10.3 Å². The number of hydrogen-bond acceptors (Lipinski definition) is 2. The first-order valence-corrected chi connectivity index (χ1v) is 8.27. The lowest BCUT2D eigenvalue weighted by molar-refractivity contribution is -0.00637. The summed E-state index contributed by atoms with van der Waals surface area (Å²) in [5.74, 6) is 0. The molecule has 3 aromatic carbocycles. The molecule has 0 aliphatic heterocycles. The van der Waals surface area contributed by atoms with Gasteiger partial charge in [-0.1, -0.05) is 90.5 Å². The van der Waals surface area contributed by atoms with Gasteiger partial charge in [0, 0.05) is 10.6 Å². The van der Waals surface area contributed by atoms with Gasteiger partial charge in [0.15, 0.2) is 0 Å². The maximum absolute atomic E-state index is 9.38. The highest BCUT2D eigenvalue weighted by Crippen LogP contribution is 2.43. The van der Waals surface area contributed by atoms with E-state index < -0.39 is 5.60 Å². The first kappa shape index (κ1) is 16.7. The van der Waals surface area contributed by atoms with Gasteiger partial charge >= 0.3 is 0 Å². The molecule has 3 aromatic rings. The molecule has 0 saturated carbocycles. The molecule has 122 valence electrons. The molecule has 0 atom stereocenters. The average molecular weight is 339 g/mol. The van der Waals surface area contributed by atoms with E-state index in [-0.39, 0.29) is 13.2 Å². The highest BCUT2D eigenvalue weighted by atomic mass is 35.5. The molecule has 2 nitrogen and oxygen atoms in total. The van der Waals surface area contributed by atoms with Crippen LogP contribution in [0.5, 0.6) is 0 Å². The second-order valence-electron chi connectivity index (χ2n) is 5.47. The Morgan fingerprint density at radius 1 is 0.750 bits per heavy atom. The summed E-state index contributed by atoms with van der Waals surface area (Å²) in [5, 5.41) is 10.0. The molecule has 3 rings (SSSR count). The van der Waals surface area contributed by atoms with Crippen LogP contribution in [0.4, 0.5) is 0 Å². The van der Waals surface area contributed by atoms with Crippen LogP contribution in [0.25, 0.3) is 0 Å². The Kier molecular flexibility index (Phi) is 5.31. The first-order chi connectivity index (χ1) is 11.8. The fraction of sp³-hybridized carbons (Fsp3) is 0.143. The van der Waals surface area contributed by atoms with E-state index in [1.165, 1.54) is 0 Å². The van der Waals surface area contributed by atoms with Gasteiger partial charge in [0.1, 0.15) is 5.60 Å². The van der Waals surface area contributed by atoms with Gasteiger partial charge in [-0.2, -0.15) is 0 Å². The van der Waals surface area contributed by atoms with Crippen molar-refractivity contribution in [2.24, 2.45) is 0 Å². The largest absolute Gasteiger partial charge is 0.394 e. The van der Waals surface area contributed by atoms with Crippen molar-refractivity contribution in [2.75, 3.05) is 13.2 Å². The van der Waals surface area contributed by atoms with Gasteiger partial charge in [-0.3, -0.25) is 0 Å². The van der Waals surface area contributed by atoms with Crippen molar-refractivity contribution in [3.63, 3.8) is 0 Å². The van der Waals surface area contributed by atoms with E-state index in [1.807, 2.05) is 84.9 Å². The molecule has 0 spiro atoms. The molecule has 24 heavy (non-hydrogen) atoms. The number of aliphatic hydroxyl groups excluding tert-OH is 1. The van der Waals surface area contributed by atoms with E-state index in [2.05, 4.69) is 0 Å². The van der Waals surface area contributed by atoms with E-state index in [0.717, 1.165) is 16.7 Å². The Labute approximate surface area is 147 Å². The minimum atomic E-state index is -0.871. The molecule has 3 heteroatoms. The van der Waals surface area contributed by atoms with Crippen LogP contribution in [0.3, 0.4) is 0 Å². The highest BCUT2D eigenvalue weighted by Gasteiger charge is 2.38. The van der Waals surface area contributed by atoms with E-state index >= 15 is 0 Å². The van der Waals surface area contributed by atoms with Gasteiger partial charge in [0.2, 0.25) is 0 Å². The Hall–Kier alpha value is -2.13. The van der Waals surface area contributed by atoms with Gasteiger partial charge in [-0.15, -0.1) is 0 Å². The molecular formula is C21H19ClO2. The summed E-state index contributed by atoms with van der Waals surface area (Å²) in [5.41, 5.74) is 1.93. The summed E-state index contributed by atoms with van der Waals surface area (Å²) in [6, 6.07) is 27.6. The van der Waals surface area contributed by atoms with Crippen LogP contribution in [0.1, 0.15) is 16.7 Å². The fourth-order valence-electron chi connectivity index (χ4n) is 3.01. The molecule has 0 aliphatic rings. The monoisotopic (exact) mass is 338 g/mol. The number of halogens is 1. The SMILES string of the molecule is OCCOC(c1ccccc1)(c1ccccc1)c1ccccc1Cl. The molecule has 0 bridgehead atoms. The van der Waals surface area contributed by atoms with Crippen LogP contribution < -0.4 is 0 Å². The van der Waals surface area contributed by atoms with Gasteiger partial charge in [0.25, 0.3) is 0 Å². The normalized spacial score (nSPS) is 11.4. The van der Waals surface area contributed by atoms with Crippen molar-refractivity contribution in [1.82, 2.24) is 0 Å². The van der Waals surface area contributed by atoms with Crippen molar-refractivity contribution >= 4 is 11.6 Å². The van der Waals surface area contributed by atoms with E-state index in [0.29, 0.717) is 5.02 Å². The molecule has 1 N–H and O–H groups in total. The molecular weight excluding hydrogens is 320 g/mol. The zero-order chi connectivity index (χ0) is 16.8. The second kappa shape index (κ2) is 7.63. The summed E-state index contributed by atoms with van der Waals surface area (Å²) >= 11 is 6.54. The Morgan fingerprint density at radius 3 is 1.75 bits per heavy atom. The number of ether oxygens (including phenoxy) is 1. The third kappa shape index (κ3) is 3.09. The molecule has 0 aromatic heterocycles. The van der Waals surface area contributed by atoms with Crippen molar-refractivity contribution in [1.29, 1.82) is 0 Å². The van der Waals surface area contributed by atoms with Gasteiger partial charge in [-0.25, -0.2) is 0 Å². The van der Waals surface area contributed by atoms with Crippen molar-refractivity contribution < 1.29 is 9.84 Å². The maximum Gasteiger partial charge on any atom is 0.145 e. The molecule has 0 fully saturated rings. The lowest BCUT2D eigenvalue weighted by Gasteiger charge is -2.36. The van der Waals surface area contributed by atoms with Crippen LogP contribution >= 0.6 is 11.6 Å². The summed E-state index contributed by atoms with van der Waals surface area (Å²) in [7, 11) is 0. The zero-order valence-electron chi connectivity index (χ0n) is 13.2. The molecule has 0 aliphatic carbocycles. The van der Waals surface area contributed by atoms with Crippen LogP contribution in [-0.4, -0.2) is 18.3 Å². The van der Waals surface area contributed by atoms with Crippen LogP contribution in [0.15, 0.2) is 84.9 Å². The highest BCUT2D eigenvalue weighted by molar-refractivity contribution is 6.31. The molecule has 0 unspecified atom stereocenters. The van der Waals surface area contributed by atoms with Crippen molar-refractivity contribution in [3.05, 3.63) is 107 Å². The number of aliphatic hydroxyl groups is 1. The lowest BCUT2D eigenvalue weighted by Crippen LogP contribution is -2.34. The Bertz CT molecular complexity index is 733. The molecule has 0 saturated heterocycles. The predicted octanol–water partition coefficient (Wildman–Crippen LogP) is 4.64. The smallest absolute Gasteiger partial charge is 0.145 e. The summed E-state index contributed by atoms with van der Waals surface area (Å²) in [4.78, 5) is 0. The van der Waals surface area contributed by atoms with E-state index in [1.54, 1.807) is 0 Å². The fourth-order valence-corrected chi connectivity index (χ4v) is 3.28. The van der Waals surface area contributed by atoms with Crippen molar-refractivity contribution in [3.8, 4) is 0 Å². The molecule has 0 radical (unpaired) electrons. The second-order valence-corrected chi connectivity index (χ2v) is 5.87.